The van der Waals surface area contributed by atoms with Crippen LogP contribution in [0, 0.1) is 17.2 Å². The van der Waals surface area contributed by atoms with E-state index in [9.17, 15) is 5.26 Å². The molecule has 1 aromatic heterocycles. The van der Waals surface area contributed by atoms with Crippen LogP contribution in [0.25, 0.3) is 0 Å². The van der Waals surface area contributed by atoms with Crippen molar-refractivity contribution in [3.8, 4) is 6.07 Å². The molecule has 0 aliphatic heterocycles. The molecule has 0 radical (unpaired) electrons. The Morgan fingerprint density at radius 1 is 1.16 bits per heavy atom. The summed E-state index contributed by atoms with van der Waals surface area (Å²) in [6.45, 7) is 4.40. The molecule has 0 amide bonds. The van der Waals surface area contributed by atoms with Gasteiger partial charge >= 0.3 is 0 Å². The maximum Gasteiger partial charge on any atom is 0.115 e. The molecule has 0 fully saturated rings. The molecule has 96 valence electrons. The third kappa shape index (κ3) is 3.38. The van der Waals surface area contributed by atoms with E-state index in [4.69, 9.17) is 0 Å². The summed E-state index contributed by atoms with van der Waals surface area (Å²) in [6.07, 6.45) is 2.67. The summed E-state index contributed by atoms with van der Waals surface area (Å²) in [5, 5.41) is 17.2. The Morgan fingerprint density at radius 2 is 1.89 bits per heavy atom. The molecule has 0 saturated heterocycles. The van der Waals surface area contributed by atoms with Gasteiger partial charge < -0.3 is 0 Å². The first-order chi connectivity index (χ1) is 9.20. The highest BCUT2D eigenvalue weighted by Gasteiger charge is 2.14. The normalized spacial score (nSPS) is 12.1. The van der Waals surface area contributed by atoms with Crippen molar-refractivity contribution in [2.75, 3.05) is 0 Å². The van der Waals surface area contributed by atoms with Crippen LogP contribution in [0.3, 0.4) is 0 Å². The van der Waals surface area contributed by atoms with E-state index < -0.39 is 0 Å². The summed E-state index contributed by atoms with van der Waals surface area (Å²) >= 11 is 0. The van der Waals surface area contributed by atoms with Crippen LogP contribution in [0.5, 0.6) is 0 Å². The second-order valence-electron chi connectivity index (χ2n) is 5.05. The van der Waals surface area contributed by atoms with Gasteiger partial charge in [0, 0.05) is 6.20 Å². The van der Waals surface area contributed by atoms with Gasteiger partial charge in [-0.05, 0) is 35.6 Å². The zero-order valence-electron chi connectivity index (χ0n) is 11.2. The van der Waals surface area contributed by atoms with Crippen LogP contribution in [-0.2, 0) is 6.42 Å². The molecule has 3 nitrogen and oxygen atoms in total. The van der Waals surface area contributed by atoms with Gasteiger partial charge in [0.2, 0.25) is 0 Å². The van der Waals surface area contributed by atoms with Crippen LogP contribution in [0.1, 0.15) is 36.6 Å². The lowest BCUT2D eigenvalue weighted by atomic mass is 9.94. The molecule has 3 heteroatoms. The van der Waals surface area contributed by atoms with E-state index in [2.05, 4.69) is 42.2 Å². The zero-order valence-corrected chi connectivity index (χ0v) is 11.2. The maximum atomic E-state index is 9.33. The van der Waals surface area contributed by atoms with E-state index in [1.54, 1.807) is 12.3 Å². The molecule has 1 heterocycles. The van der Waals surface area contributed by atoms with Gasteiger partial charge in [0.05, 0.1) is 11.8 Å². The van der Waals surface area contributed by atoms with Crippen LogP contribution in [0.4, 0.5) is 0 Å². The molecule has 0 bridgehead atoms. The standard InChI is InChI=1S/C16H17N3/c1-12(2)10-13-5-7-14(8-6-13)15(11-17)16-4-3-9-18-19-16/h3-9,12,15H,10H2,1-2H3. The predicted octanol–water partition coefficient (Wildman–Crippen LogP) is 3.33. The number of hydrogen-bond acceptors (Lipinski definition) is 3. The summed E-state index contributed by atoms with van der Waals surface area (Å²) in [5.74, 6) is 0.291. The van der Waals surface area contributed by atoms with Crippen LogP contribution in [0.2, 0.25) is 0 Å². The number of rotatable bonds is 4. The first-order valence-corrected chi connectivity index (χ1v) is 6.46. The van der Waals surface area contributed by atoms with E-state index in [-0.39, 0.29) is 5.92 Å². The average Bonchev–Trinajstić information content (AvgIpc) is 2.42. The van der Waals surface area contributed by atoms with E-state index in [1.807, 2.05) is 18.2 Å². The molecule has 0 aliphatic carbocycles. The van der Waals surface area contributed by atoms with E-state index >= 15 is 0 Å². The van der Waals surface area contributed by atoms with Gasteiger partial charge in [-0.1, -0.05) is 38.1 Å². The number of nitriles is 1. The third-order valence-corrected chi connectivity index (χ3v) is 2.97. The Labute approximate surface area is 113 Å². The van der Waals surface area contributed by atoms with Gasteiger partial charge in [-0.15, -0.1) is 0 Å². The van der Waals surface area contributed by atoms with Crippen molar-refractivity contribution in [3.05, 3.63) is 59.4 Å². The molecule has 1 aromatic carbocycles. The highest BCUT2D eigenvalue weighted by atomic mass is 15.1. The molecule has 2 rings (SSSR count). The average molecular weight is 251 g/mol. The van der Waals surface area contributed by atoms with Gasteiger partial charge in [-0.2, -0.15) is 15.5 Å². The zero-order chi connectivity index (χ0) is 13.7. The molecular weight excluding hydrogens is 234 g/mol. The topological polar surface area (TPSA) is 49.6 Å². The first-order valence-electron chi connectivity index (χ1n) is 6.46. The van der Waals surface area contributed by atoms with Crippen molar-refractivity contribution in [2.45, 2.75) is 26.2 Å². The number of aromatic nitrogens is 2. The van der Waals surface area contributed by atoms with E-state index in [0.717, 1.165) is 12.0 Å². The monoisotopic (exact) mass is 251 g/mol. The van der Waals surface area contributed by atoms with Crippen molar-refractivity contribution >= 4 is 0 Å². The van der Waals surface area contributed by atoms with Crippen molar-refractivity contribution in [1.82, 2.24) is 10.2 Å². The second-order valence-corrected chi connectivity index (χ2v) is 5.05. The quantitative estimate of drug-likeness (QED) is 0.837. The molecule has 0 aliphatic rings. The van der Waals surface area contributed by atoms with Crippen molar-refractivity contribution < 1.29 is 0 Å². The first kappa shape index (κ1) is 13.2. The number of hydrogen-bond donors (Lipinski definition) is 0. The summed E-state index contributed by atoms with van der Waals surface area (Å²) in [6, 6.07) is 14.1. The van der Waals surface area contributed by atoms with Crippen molar-refractivity contribution in [3.63, 3.8) is 0 Å². The van der Waals surface area contributed by atoms with Crippen LogP contribution in [-0.4, -0.2) is 10.2 Å². The second kappa shape index (κ2) is 6.10. The molecule has 0 N–H and O–H groups in total. The Kier molecular flexibility index (Phi) is 4.25. The molecular formula is C16H17N3. The van der Waals surface area contributed by atoms with Gasteiger partial charge in [-0.25, -0.2) is 0 Å². The molecule has 1 atom stereocenters. The minimum Gasteiger partial charge on any atom is -0.197 e. The molecule has 0 spiro atoms. The summed E-state index contributed by atoms with van der Waals surface area (Å²) in [7, 11) is 0. The Hall–Kier alpha value is -2.21. The maximum absolute atomic E-state index is 9.33. The summed E-state index contributed by atoms with van der Waals surface area (Å²) in [4.78, 5) is 0. The Bertz CT molecular complexity index is 553. The van der Waals surface area contributed by atoms with Crippen LogP contribution >= 0.6 is 0 Å². The SMILES string of the molecule is CC(C)Cc1ccc(C(C#N)c2cccnn2)cc1. The lowest BCUT2D eigenvalue weighted by Crippen LogP contribution is -2.02. The summed E-state index contributed by atoms with van der Waals surface area (Å²) < 4.78 is 0. The van der Waals surface area contributed by atoms with Gasteiger partial charge in [0.25, 0.3) is 0 Å². The fourth-order valence-electron chi connectivity index (χ4n) is 2.10. The van der Waals surface area contributed by atoms with Gasteiger partial charge in [-0.3, -0.25) is 0 Å². The molecule has 1 unspecified atom stereocenters. The molecule has 0 saturated carbocycles. The lowest BCUT2D eigenvalue weighted by molar-refractivity contribution is 0.647. The lowest BCUT2D eigenvalue weighted by Gasteiger charge is -2.10. The minimum atomic E-state index is -0.346. The number of nitrogens with zero attached hydrogens (tertiary/aromatic N) is 3. The highest BCUT2D eigenvalue weighted by molar-refractivity contribution is 5.35. The number of benzene rings is 1. The smallest absolute Gasteiger partial charge is 0.115 e. The third-order valence-electron chi connectivity index (χ3n) is 2.97. The van der Waals surface area contributed by atoms with Crippen molar-refractivity contribution in [2.24, 2.45) is 5.92 Å². The fourth-order valence-corrected chi connectivity index (χ4v) is 2.10. The Morgan fingerprint density at radius 3 is 2.42 bits per heavy atom. The molecule has 19 heavy (non-hydrogen) atoms. The fraction of sp³-hybridized carbons (Fsp3) is 0.312. The van der Waals surface area contributed by atoms with Gasteiger partial charge in [0.15, 0.2) is 0 Å². The van der Waals surface area contributed by atoms with E-state index in [0.29, 0.717) is 11.6 Å². The highest BCUT2D eigenvalue weighted by Crippen LogP contribution is 2.22. The van der Waals surface area contributed by atoms with E-state index in [1.165, 1.54) is 5.56 Å². The molecule has 2 aromatic rings. The van der Waals surface area contributed by atoms with Gasteiger partial charge in [0.1, 0.15) is 5.92 Å². The van der Waals surface area contributed by atoms with Crippen molar-refractivity contribution in [1.29, 1.82) is 5.26 Å². The summed E-state index contributed by atoms with van der Waals surface area (Å²) in [5.41, 5.74) is 2.96. The van der Waals surface area contributed by atoms with Crippen LogP contribution in [0.15, 0.2) is 42.6 Å². The predicted molar refractivity (Wildman–Crippen MR) is 74.5 cm³/mol. The Balaban J connectivity index is 2.23. The largest absolute Gasteiger partial charge is 0.197 e. The van der Waals surface area contributed by atoms with Crippen LogP contribution < -0.4 is 0 Å². The minimum absolute atomic E-state index is 0.346.